The summed E-state index contributed by atoms with van der Waals surface area (Å²) >= 11 is 0. The molecule has 0 saturated carbocycles. The number of carboxylic acid groups (broad SMARTS) is 1. The van der Waals surface area contributed by atoms with E-state index in [2.05, 4.69) is 4.98 Å². The highest BCUT2D eigenvalue weighted by Crippen LogP contribution is 2.28. The second-order valence-electron chi connectivity index (χ2n) is 3.48. The van der Waals surface area contributed by atoms with Crippen LogP contribution in [0.2, 0.25) is 0 Å². The molecule has 0 unspecified atom stereocenters. The quantitative estimate of drug-likeness (QED) is 0.878. The molecule has 0 aliphatic rings. The van der Waals surface area contributed by atoms with Crippen LogP contribution in [0.5, 0.6) is 0 Å². The summed E-state index contributed by atoms with van der Waals surface area (Å²) in [4.78, 5) is 13.7. The van der Waals surface area contributed by atoms with Crippen LogP contribution in [0.25, 0.3) is 5.52 Å². The van der Waals surface area contributed by atoms with Gasteiger partial charge in [-0.15, -0.1) is 0 Å². The van der Waals surface area contributed by atoms with Gasteiger partial charge in [-0.2, -0.15) is 13.2 Å². The highest BCUT2D eigenvalue weighted by Gasteiger charge is 2.35. The fourth-order valence-corrected chi connectivity index (χ4v) is 1.54. The number of carbonyl (C=O) groups is 1. The molecule has 0 bridgehead atoms. The van der Waals surface area contributed by atoms with Crippen molar-refractivity contribution in [2.24, 2.45) is 0 Å². The number of carboxylic acids is 1. The van der Waals surface area contributed by atoms with Gasteiger partial charge in [0.1, 0.15) is 0 Å². The Morgan fingerprint density at radius 1 is 1.47 bits per heavy atom. The minimum atomic E-state index is -4.53. The highest BCUT2D eigenvalue weighted by molar-refractivity contribution is 5.70. The molecule has 7 heteroatoms. The van der Waals surface area contributed by atoms with Crippen molar-refractivity contribution in [2.45, 2.75) is 12.6 Å². The molecule has 1 N–H and O–H groups in total. The van der Waals surface area contributed by atoms with Gasteiger partial charge in [0.15, 0.2) is 0 Å². The van der Waals surface area contributed by atoms with E-state index in [1.54, 1.807) is 0 Å². The molecule has 2 rings (SSSR count). The summed E-state index contributed by atoms with van der Waals surface area (Å²) in [6.45, 7) is 0. The Balaban J connectivity index is 2.48. The zero-order valence-electron chi connectivity index (χ0n) is 8.40. The molecule has 0 amide bonds. The Morgan fingerprint density at radius 3 is 2.76 bits per heavy atom. The van der Waals surface area contributed by atoms with E-state index < -0.39 is 18.0 Å². The van der Waals surface area contributed by atoms with E-state index in [0.29, 0.717) is 5.56 Å². The molecular weight excluding hydrogens is 237 g/mol. The Morgan fingerprint density at radius 2 is 2.18 bits per heavy atom. The van der Waals surface area contributed by atoms with Crippen LogP contribution >= 0.6 is 0 Å². The molecule has 0 saturated heterocycles. The SMILES string of the molecule is O=C(O)Cc1ccn2c(C(F)(F)F)ncc2c1. The molecular formula is C10H7F3N2O2. The predicted molar refractivity (Wildman–Crippen MR) is 51.5 cm³/mol. The average Bonchev–Trinajstić information content (AvgIpc) is 2.58. The highest BCUT2D eigenvalue weighted by atomic mass is 19.4. The lowest BCUT2D eigenvalue weighted by Crippen LogP contribution is -2.10. The summed E-state index contributed by atoms with van der Waals surface area (Å²) in [5, 5.41) is 8.57. The molecule has 2 aromatic heterocycles. The molecule has 0 aromatic carbocycles. The zero-order chi connectivity index (χ0) is 12.6. The van der Waals surface area contributed by atoms with Gasteiger partial charge in [-0.1, -0.05) is 0 Å². The number of hydrogen-bond acceptors (Lipinski definition) is 2. The van der Waals surface area contributed by atoms with Gasteiger partial charge in [-0.05, 0) is 17.7 Å². The average molecular weight is 244 g/mol. The van der Waals surface area contributed by atoms with Crippen molar-refractivity contribution < 1.29 is 23.1 Å². The first-order chi connectivity index (χ1) is 7.88. The van der Waals surface area contributed by atoms with Gasteiger partial charge in [0.2, 0.25) is 5.82 Å². The fraction of sp³-hybridized carbons (Fsp3) is 0.200. The Kier molecular flexibility index (Phi) is 2.53. The molecule has 0 spiro atoms. The minimum Gasteiger partial charge on any atom is -0.481 e. The summed E-state index contributed by atoms with van der Waals surface area (Å²) in [6, 6.07) is 2.70. The topological polar surface area (TPSA) is 54.6 Å². The summed E-state index contributed by atoms with van der Waals surface area (Å²) in [6.07, 6.45) is -2.53. The third-order valence-corrected chi connectivity index (χ3v) is 2.21. The lowest BCUT2D eigenvalue weighted by molar-refractivity contribution is -0.145. The van der Waals surface area contributed by atoms with Crippen LogP contribution in [0.1, 0.15) is 11.4 Å². The predicted octanol–water partition coefficient (Wildman–Crippen LogP) is 1.98. The van der Waals surface area contributed by atoms with E-state index in [-0.39, 0.29) is 11.9 Å². The van der Waals surface area contributed by atoms with Crippen LogP contribution in [0, 0.1) is 0 Å². The van der Waals surface area contributed by atoms with Crippen molar-refractivity contribution in [2.75, 3.05) is 0 Å². The van der Waals surface area contributed by atoms with Crippen molar-refractivity contribution in [3.05, 3.63) is 35.9 Å². The number of halogens is 3. The van der Waals surface area contributed by atoms with Gasteiger partial charge in [0.25, 0.3) is 0 Å². The van der Waals surface area contributed by atoms with Gasteiger partial charge >= 0.3 is 12.1 Å². The maximum absolute atomic E-state index is 12.5. The summed E-state index contributed by atoms with van der Waals surface area (Å²) in [7, 11) is 0. The van der Waals surface area contributed by atoms with Crippen LogP contribution in [0.3, 0.4) is 0 Å². The van der Waals surface area contributed by atoms with Crippen LogP contribution in [0.15, 0.2) is 24.5 Å². The van der Waals surface area contributed by atoms with Crippen molar-refractivity contribution in [3.63, 3.8) is 0 Å². The Hall–Kier alpha value is -2.05. The smallest absolute Gasteiger partial charge is 0.450 e. The number of fused-ring (bicyclic) bond motifs is 1. The second-order valence-corrected chi connectivity index (χ2v) is 3.48. The maximum Gasteiger partial charge on any atom is 0.450 e. The van der Waals surface area contributed by atoms with E-state index in [0.717, 1.165) is 10.6 Å². The molecule has 17 heavy (non-hydrogen) atoms. The maximum atomic E-state index is 12.5. The molecule has 0 aliphatic carbocycles. The molecule has 90 valence electrons. The standard InChI is InChI=1S/C10H7F3N2O2/c11-10(12,13)9-14-5-7-3-6(4-8(16)17)1-2-15(7)9/h1-3,5H,4H2,(H,16,17). The van der Waals surface area contributed by atoms with Crippen LogP contribution in [-0.4, -0.2) is 20.5 Å². The number of alkyl halides is 3. The normalized spacial score (nSPS) is 11.9. The van der Waals surface area contributed by atoms with Gasteiger partial charge in [0.05, 0.1) is 18.1 Å². The molecule has 4 nitrogen and oxygen atoms in total. The summed E-state index contributed by atoms with van der Waals surface area (Å²) in [5.41, 5.74) is 0.648. The third-order valence-electron chi connectivity index (χ3n) is 2.21. The van der Waals surface area contributed by atoms with E-state index >= 15 is 0 Å². The molecule has 0 atom stereocenters. The first-order valence-electron chi connectivity index (χ1n) is 4.63. The largest absolute Gasteiger partial charge is 0.481 e. The summed E-state index contributed by atoms with van der Waals surface area (Å²) in [5.74, 6) is -2.06. The van der Waals surface area contributed by atoms with Gasteiger partial charge < -0.3 is 5.11 Å². The zero-order valence-corrected chi connectivity index (χ0v) is 8.40. The number of pyridine rings is 1. The van der Waals surface area contributed by atoms with E-state index in [1.807, 2.05) is 0 Å². The van der Waals surface area contributed by atoms with Crippen molar-refractivity contribution in [1.82, 2.24) is 9.38 Å². The van der Waals surface area contributed by atoms with E-state index in [9.17, 15) is 18.0 Å². The molecule has 2 heterocycles. The van der Waals surface area contributed by atoms with E-state index in [4.69, 9.17) is 5.11 Å². The van der Waals surface area contributed by atoms with Crippen molar-refractivity contribution in [1.29, 1.82) is 0 Å². The minimum absolute atomic E-state index is 0.219. The van der Waals surface area contributed by atoms with Crippen LogP contribution in [0.4, 0.5) is 13.2 Å². The van der Waals surface area contributed by atoms with Gasteiger partial charge in [-0.3, -0.25) is 9.20 Å². The van der Waals surface area contributed by atoms with E-state index in [1.165, 1.54) is 18.3 Å². The lowest BCUT2D eigenvalue weighted by Gasteiger charge is -2.05. The first kappa shape index (κ1) is 11.4. The molecule has 0 aliphatic heterocycles. The van der Waals surface area contributed by atoms with Crippen molar-refractivity contribution >= 4 is 11.5 Å². The molecule has 2 aromatic rings. The third kappa shape index (κ3) is 2.22. The number of rotatable bonds is 2. The van der Waals surface area contributed by atoms with Crippen LogP contribution in [-0.2, 0) is 17.4 Å². The van der Waals surface area contributed by atoms with Gasteiger partial charge in [-0.25, -0.2) is 4.98 Å². The second kappa shape index (κ2) is 3.76. The van der Waals surface area contributed by atoms with Gasteiger partial charge in [0, 0.05) is 6.20 Å². The first-order valence-corrected chi connectivity index (χ1v) is 4.63. The number of aromatic nitrogens is 2. The van der Waals surface area contributed by atoms with Crippen molar-refractivity contribution in [3.8, 4) is 0 Å². The Labute approximate surface area is 93.3 Å². The number of imidazole rings is 1. The fourth-order valence-electron chi connectivity index (χ4n) is 1.54. The monoisotopic (exact) mass is 244 g/mol. The summed E-state index contributed by atoms with van der Waals surface area (Å²) < 4.78 is 38.3. The molecule has 0 fully saturated rings. The number of hydrogen-bond donors (Lipinski definition) is 1. The van der Waals surface area contributed by atoms with Crippen LogP contribution < -0.4 is 0 Å². The number of aliphatic carboxylic acids is 1. The molecule has 0 radical (unpaired) electrons. The Bertz CT molecular complexity index is 574. The number of nitrogens with zero attached hydrogens (tertiary/aromatic N) is 2. The lowest BCUT2D eigenvalue weighted by atomic mass is 10.2.